The quantitative estimate of drug-likeness (QED) is 0.909. The number of rotatable bonds is 5. The summed E-state index contributed by atoms with van der Waals surface area (Å²) in [6.45, 7) is 1.94. The Hall–Kier alpha value is -1.94. The van der Waals surface area contributed by atoms with Crippen molar-refractivity contribution >= 4 is 17.7 Å². The molecule has 0 heterocycles. The predicted molar refractivity (Wildman–Crippen MR) is 79.6 cm³/mol. The van der Waals surface area contributed by atoms with Crippen LogP contribution in [0.15, 0.2) is 52.3 Å². The van der Waals surface area contributed by atoms with Gasteiger partial charge in [-0.1, -0.05) is 17.8 Å². The first-order chi connectivity index (χ1) is 9.58. The molecule has 2 rings (SSSR count). The number of carboxylic acid groups (broad SMARTS) is 1. The fourth-order valence-electron chi connectivity index (χ4n) is 1.87. The van der Waals surface area contributed by atoms with Crippen molar-refractivity contribution in [3.63, 3.8) is 0 Å². The Bertz CT molecular complexity index is 606. The summed E-state index contributed by atoms with van der Waals surface area (Å²) in [7, 11) is 1.65. The van der Waals surface area contributed by atoms with Crippen LogP contribution in [0, 0.1) is 6.92 Å². The minimum Gasteiger partial charge on any atom is -0.497 e. The molecule has 0 aromatic heterocycles. The van der Waals surface area contributed by atoms with Crippen molar-refractivity contribution in [2.45, 2.75) is 23.1 Å². The lowest BCUT2D eigenvalue weighted by atomic mass is 10.1. The third kappa shape index (κ3) is 3.78. The number of benzene rings is 2. The molecule has 0 spiro atoms. The van der Waals surface area contributed by atoms with Gasteiger partial charge in [0.2, 0.25) is 0 Å². The highest BCUT2D eigenvalue weighted by molar-refractivity contribution is 7.99. The van der Waals surface area contributed by atoms with E-state index in [1.807, 2.05) is 49.4 Å². The van der Waals surface area contributed by atoms with E-state index in [2.05, 4.69) is 0 Å². The van der Waals surface area contributed by atoms with E-state index in [1.165, 1.54) is 0 Å². The number of aryl methyl sites for hydroxylation is 1. The lowest BCUT2D eigenvalue weighted by Crippen LogP contribution is -2.01. The molecule has 2 aromatic carbocycles. The Balaban J connectivity index is 2.13. The van der Waals surface area contributed by atoms with Crippen LogP contribution in [-0.4, -0.2) is 18.2 Å². The number of ether oxygens (including phenoxy) is 1. The van der Waals surface area contributed by atoms with Crippen LogP contribution in [0.5, 0.6) is 5.75 Å². The van der Waals surface area contributed by atoms with Crippen molar-refractivity contribution in [2.75, 3.05) is 7.11 Å². The summed E-state index contributed by atoms with van der Waals surface area (Å²) in [4.78, 5) is 13.0. The first-order valence-corrected chi connectivity index (χ1v) is 7.03. The van der Waals surface area contributed by atoms with Crippen LogP contribution in [0.1, 0.15) is 11.1 Å². The van der Waals surface area contributed by atoms with E-state index in [9.17, 15) is 4.79 Å². The molecule has 0 saturated heterocycles. The molecule has 0 bridgehead atoms. The summed E-state index contributed by atoms with van der Waals surface area (Å²) in [5.74, 6) is 0.0333. The first-order valence-electron chi connectivity index (χ1n) is 6.21. The Morgan fingerprint density at radius 1 is 1.15 bits per heavy atom. The zero-order valence-electron chi connectivity index (χ0n) is 11.4. The van der Waals surface area contributed by atoms with Crippen LogP contribution in [-0.2, 0) is 11.2 Å². The lowest BCUT2D eigenvalue weighted by Gasteiger charge is -2.07. The number of carboxylic acids is 1. The summed E-state index contributed by atoms with van der Waals surface area (Å²) in [5, 5.41) is 8.83. The first kappa shape index (κ1) is 14.5. The van der Waals surface area contributed by atoms with Gasteiger partial charge in [-0.05, 0) is 54.4 Å². The molecule has 0 radical (unpaired) electrons. The largest absolute Gasteiger partial charge is 0.497 e. The number of aliphatic carboxylic acids is 1. The topological polar surface area (TPSA) is 46.5 Å². The molecule has 0 aliphatic rings. The van der Waals surface area contributed by atoms with Gasteiger partial charge in [-0.15, -0.1) is 0 Å². The number of hydrogen-bond acceptors (Lipinski definition) is 3. The summed E-state index contributed by atoms with van der Waals surface area (Å²) >= 11 is 1.65. The maximum atomic E-state index is 10.7. The summed E-state index contributed by atoms with van der Waals surface area (Å²) in [6, 6.07) is 13.7. The molecule has 0 aliphatic carbocycles. The van der Waals surface area contributed by atoms with Gasteiger partial charge in [-0.3, -0.25) is 4.79 Å². The Morgan fingerprint density at radius 2 is 1.80 bits per heavy atom. The predicted octanol–water partition coefficient (Wildman–Crippen LogP) is 3.78. The van der Waals surface area contributed by atoms with Crippen LogP contribution < -0.4 is 4.74 Å². The maximum Gasteiger partial charge on any atom is 0.307 e. The number of methoxy groups -OCH3 is 1. The Labute approximate surface area is 122 Å². The van der Waals surface area contributed by atoms with Crippen molar-refractivity contribution < 1.29 is 14.6 Å². The van der Waals surface area contributed by atoms with Crippen molar-refractivity contribution in [1.82, 2.24) is 0 Å². The summed E-state index contributed by atoms with van der Waals surface area (Å²) < 4.78 is 5.13. The van der Waals surface area contributed by atoms with E-state index in [0.717, 1.165) is 26.7 Å². The highest BCUT2D eigenvalue weighted by Crippen LogP contribution is 2.30. The molecular weight excluding hydrogens is 272 g/mol. The second-order valence-corrected chi connectivity index (χ2v) is 5.58. The molecule has 0 amide bonds. The van der Waals surface area contributed by atoms with Gasteiger partial charge < -0.3 is 9.84 Å². The van der Waals surface area contributed by atoms with Crippen molar-refractivity contribution in [3.8, 4) is 5.75 Å². The second kappa shape index (κ2) is 6.48. The van der Waals surface area contributed by atoms with Gasteiger partial charge in [0, 0.05) is 9.79 Å². The third-order valence-electron chi connectivity index (χ3n) is 2.95. The third-order valence-corrected chi connectivity index (χ3v) is 3.95. The van der Waals surface area contributed by atoms with Gasteiger partial charge in [0.25, 0.3) is 0 Å². The van der Waals surface area contributed by atoms with Crippen molar-refractivity contribution in [3.05, 3.63) is 53.6 Å². The fraction of sp³-hybridized carbons (Fsp3) is 0.188. The molecule has 104 valence electrons. The fourth-order valence-corrected chi connectivity index (χ4v) is 2.79. The molecule has 0 unspecified atom stereocenters. The van der Waals surface area contributed by atoms with Crippen molar-refractivity contribution in [2.24, 2.45) is 0 Å². The van der Waals surface area contributed by atoms with E-state index >= 15 is 0 Å². The average Bonchev–Trinajstić information content (AvgIpc) is 2.42. The highest BCUT2D eigenvalue weighted by Gasteiger charge is 2.06. The standard InChI is InChI=1S/C16H16O3S/c1-11-9-15(6-3-12(11)10-16(17)18)20-14-7-4-13(19-2)5-8-14/h3-9H,10H2,1-2H3,(H,17,18). The molecular formula is C16H16O3S. The smallest absolute Gasteiger partial charge is 0.307 e. The van der Waals surface area contributed by atoms with E-state index < -0.39 is 5.97 Å². The van der Waals surface area contributed by atoms with E-state index in [-0.39, 0.29) is 6.42 Å². The number of hydrogen-bond donors (Lipinski definition) is 1. The lowest BCUT2D eigenvalue weighted by molar-refractivity contribution is -0.136. The van der Waals surface area contributed by atoms with Gasteiger partial charge in [0.05, 0.1) is 13.5 Å². The van der Waals surface area contributed by atoms with Gasteiger partial charge >= 0.3 is 5.97 Å². The van der Waals surface area contributed by atoms with Crippen LogP contribution in [0.2, 0.25) is 0 Å². The molecule has 0 aliphatic heterocycles. The Morgan fingerprint density at radius 3 is 2.35 bits per heavy atom. The summed E-state index contributed by atoms with van der Waals surface area (Å²) in [5.41, 5.74) is 1.86. The zero-order chi connectivity index (χ0) is 14.5. The molecule has 0 saturated carbocycles. The summed E-state index contributed by atoms with van der Waals surface area (Å²) in [6.07, 6.45) is 0.0688. The van der Waals surface area contributed by atoms with Gasteiger partial charge in [-0.2, -0.15) is 0 Å². The SMILES string of the molecule is COc1ccc(Sc2ccc(CC(=O)O)c(C)c2)cc1. The minimum atomic E-state index is -0.802. The van der Waals surface area contributed by atoms with Gasteiger partial charge in [0.15, 0.2) is 0 Å². The van der Waals surface area contributed by atoms with Crippen LogP contribution in [0.3, 0.4) is 0 Å². The Kier molecular flexibility index (Phi) is 4.69. The van der Waals surface area contributed by atoms with E-state index in [1.54, 1.807) is 18.9 Å². The molecule has 1 N–H and O–H groups in total. The van der Waals surface area contributed by atoms with Crippen LogP contribution >= 0.6 is 11.8 Å². The van der Waals surface area contributed by atoms with Gasteiger partial charge in [0.1, 0.15) is 5.75 Å². The highest BCUT2D eigenvalue weighted by atomic mass is 32.2. The molecule has 3 nitrogen and oxygen atoms in total. The van der Waals surface area contributed by atoms with Crippen LogP contribution in [0.25, 0.3) is 0 Å². The average molecular weight is 288 g/mol. The number of carbonyl (C=O) groups is 1. The van der Waals surface area contributed by atoms with Crippen LogP contribution in [0.4, 0.5) is 0 Å². The zero-order valence-corrected chi connectivity index (χ0v) is 12.2. The van der Waals surface area contributed by atoms with Crippen molar-refractivity contribution in [1.29, 1.82) is 0 Å². The second-order valence-electron chi connectivity index (χ2n) is 4.44. The molecule has 4 heteroatoms. The normalized spacial score (nSPS) is 10.3. The molecule has 2 aromatic rings. The monoisotopic (exact) mass is 288 g/mol. The molecule has 0 fully saturated rings. The van der Waals surface area contributed by atoms with E-state index in [0.29, 0.717) is 0 Å². The van der Waals surface area contributed by atoms with E-state index in [4.69, 9.17) is 9.84 Å². The maximum absolute atomic E-state index is 10.7. The minimum absolute atomic E-state index is 0.0688. The molecule has 20 heavy (non-hydrogen) atoms. The van der Waals surface area contributed by atoms with Gasteiger partial charge in [-0.25, -0.2) is 0 Å². The molecule has 0 atom stereocenters.